The lowest BCUT2D eigenvalue weighted by atomic mass is 9.82. The van der Waals surface area contributed by atoms with E-state index in [1.54, 1.807) is 0 Å². The number of pyridine rings is 1. The van der Waals surface area contributed by atoms with E-state index in [4.69, 9.17) is 0 Å². The standard InChI is InChI=1S/C18H24N2O/c1-3-18(4-2)9-10-20(13-18)17-16-8-6-5-7-15(16)14(12-21)11-19-17/h5-8,11,21H,3-4,9-10,12-13H2,1-2H3. The number of aliphatic hydroxyl groups is 1. The Morgan fingerprint density at radius 3 is 2.52 bits per heavy atom. The van der Waals surface area contributed by atoms with Gasteiger partial charge >= 0.3 is 0 Å². The van der Waals surface area contributed by atoms with Crippen LogP contribution in [-0.4, -0.2) is 23.2 Å². The minimum atomic E-state index is 0.0433. The van der Waals surface area contributed by atoms with E-state index < -0.39 is 0 Å². The van der Waals surface area contributed by atoms with Gasteiger partial charge in [0.2, 0.25) is 0 Å². The summed E-state index contributed by atoms with van der Waals surface area (Å²) in [5.74, 6) is 1.08. The van der Waals surface area contributed by atoms with Crippen LogP contribution >= 0.6 is 0 Å². The average molecular weight is 284 g/mol. The van der Waals surface area contributed by atoms with Crippen LogP contribution < -0.4 is 4.90 Å². The van der Waals surface area contributed by atoms with Gasteiger partial charge in [0.1, 0.15) is 5.82 Å². The van der Waals surface area contributed by atoms with Crippen LogP contribution in [0.5, 0.6) is 0 Å². The molecule has 0 amide bonds. The third-order valence-electron chi connectivity index (χ3n) is 5.26. The number of benzene rings is 1. The molecule has 0 bridgehead atoms. The molecule has 0 spiro atoms. The van der Waals surface area contributed by atoms with E-state index >= 15 is 0 Å². The predicted octanol–water partition coefficient (Wildman–Crippen LogP) is 3.74. The molecule has 21 heavy (non-hydrogen) atoms. The minimum Gasteiger partial charge on any atom is -0.392 e. The average Bonchev–Trinajstić information content (AvgIpc) is 2.99. The summed E-state index contributed by atoms with van der Waals surface area (Å²) in [7, 11) is 0. The van der Waals surface area contributed by atoms with Crippen LogP contribution in [0.1, 0.15) is 38.7 Å². The summed E-state index contributed by atoms with van der Waals surface area (Å²) < 4.78 is 0. The fraction of sp³-hybridized carbons (Fsp3) is 0.500. The molecule has 1 saturated heterocycles. The predicted molar refractivity (Wildman–Crippen MR) is 87.5 cm³/mol. The fourth-order valence-corrected chi connectivity index (χ4v) is 3.56. The first kappa shape index (κ1) is 14.3. The van der Waals surface area contributed by atoms with Crippen LogP contribution in [-0.2, 0) is 6.61 Å². The summed E-state index contributed by atoms with van der Waals surface area (Å²) in [6.07, 6.45) is 5.53. The van der Waals surface area contributed by atoms with Gasteiger partial charge in [0, 0.05) is 30.2 Å². The van der Waals surface area contributed by atoms with Crippen LogP contribution in [0.4, 0.5) is 5.82 Å². The summed E-state index contributed by atoms with van der Waals surface area (Å²) >= 11 is 0. The largest absolute Gasteiger partial charge is 0.392 e. The molecule has 1 N–H and O–H groups in total. The van der Waals surface area contributed by atoms with Gasteiger partial charge in [0.15, 0.2) is 0 Å². The Morgan fingerprint density at radius 1 is 1.19 bits per heavy atom. The van der Waals surface area contributed by atoms with Gasteiger partial charge in [-0.3, -0.25) is 0 Å². The molecule has 2 aromatic rings. The molecule has 3 rings (SSSR count). The maximum absolute atomic E-state index is 9.50. The minimum absolute atomic E-state index is 0.0433. The Hall–Kier alpha value is -1.61. The first-order valence-electron chi connectivity index (χ1n) is 7.95. The highest BCUT2D eigenvalue weighted by molar-refractivity contribution is 5.94. The smallest absolute Gasteiger partial charge is 0.136 e. The molecule has 1 aromatic carbocycles. The summed E-state index contributed by atoms with van der Waals surface area (Å²) in [6, 6.07) is 8.28. The third kappa shape index (κ3) is 2.40. The SMILES string of the molecule is CCC1(CC)CCN(c2ncc(CO)c3ccccc23)C1. The highest BCUT2D eigenvalue weighted by Gasteiger charge is 2.35. The van der Waals surface area contributed by atoms with Crippen molar-refractivity contribution in [3.63, 3.8) is 0 Å². The highest BCUT2D eigenvalue weighted by atomic mass is 16.3. The number of aromatic nitrogens is 1. The van der Waals surface area contributed by atoms with Gasteiger partial charge in [0.05, 0.1) is 6.61 Å². The molecule has 0 radical (unpaired) electrons. The molecule has 1 aliphatic rings. The van der Waals surface area contributed by atoms with Gasteiger partial charge in [-0.25, -0.2) is 4.98 Å². The zero-order valence-corrected chi connectivity index (χ0v) is 13.0. The number of hydrogen-bond acceptors (Lipinski definition) is 3. The molecule has 3 heteroatoms. The second kappa shape index (κ2) is 5.64. The first-order valence-corrected chi connectivity index (χ1v) is 7.95. The molecule has 1 aromatic heterocycles. The van der Waals surface area contributed by atoms with Crippen molar-refractivity contribution in [2.24, 2.45) is 5.41 Å². The van der Waals surface area contributed by atoms with Gasteiger partial charge in [-0.2, -0.15) is 0 Å². The Labute approximate surface area is 126 Å². The van der Waals surface area contributed by atoms with E-state index in [-0.39, 0.29) is 6.61 Å². The molecule has 0 unspecified atom stereocenters. The monoisotopic (exact) mass is 284 g/mol. The summed E-state index contributed by atoms with van der Waals surface area (Å²) in [5, 5.41) is 11.8. The molecule has 1 aliphatic heterocycles. The Kier molecular flexibility index (Phi) is 3.85. The molecular formula is C18H24N2O. The topological polar surface area (TPSA) is 36.4 Å². The summed E-state index contributed by atoms with van der Waals surface area (Å²) in [4.78, 5) is 7.09. The number of fused-ring (bicyclic) bond motifs is 1. The molecule has 112 valence electrons. The summed E-state index contributed by atoms with van der Waals surface area (Å²) in [5.41, 5.74) is 1.35. The second-order valence-corrected chi connectivity index (χ2v) is 6.19. The van der Waals surface area contributed by atoms with Gasteiger partial charge in [0.25, 0.3) is 0 Å². The van der Waals surface area contributed by atoms with Crippen LogP contribution in [0.25, 0.3) is 10.8 Å². The van der Waals surface area contributed by atoms with Crippen molar-refractivity contribution in [2.75, 3.05) is 18.0 Å². The third-order valence-corrected chi connectivity index (χ3v) is 5.26. The quantitative estimate of drug-likeness (QED) is 0.929. The molecule has 2 heterocycles. The van der Waals surface area contributed by atoms with Crippen molar-refractivity contribution in [1.82, 2.24) is 4.98 Å². The van der Waals surface area contributed by atoms with E-state index in [1.165, 1.54) is 19.3 Å². The van der Waals surface area contributed by atoms with Crippen molar-refractivity contribution in [3.05, 3.63) is 36.0 Å². The molecule has 0 aliphatic carbocycles. The lowest BCUT2D eigenvalue weighted by Crippen LogP contribution is -2.26. The Bertz CT molecular complexity index is 634. The molecule has 0 saturated carbocycles. The van der Waals surface area contributed by atoms with Crippen molar-refractivity contribution in [3.8, 4) is 0 Å². The van der Waals surface area contributed by atoms with Crippen LogP contribution in [0.2, 0.25) is 0 Å². The maximum Gasteiger partial charge on any atom is 0.136 e. The Balaban J connectivity index is 2.03. The van der Waals surface area contributed by atoms with Crippen molar-refractivity contribution in [2.45, 2.75) is 39.7 Å². The van der Waals surface area contributed by atoms with Crippen LogP contribution in [0.15, 0.2) is 30.5 Å². The molecule has 1 fully saturated rings. The Morgan fingerprint density at radius 2 is 1.90 bits per heavy atom. The summed E-state index contributed by atoms with van der Waals surface area (Å²) in [6.45, 7) is 6.81. The van der Waals surface area contributed by atoms with Gasteiger partial charge in [-0.1, -0.05) is 38.1 Å². The van der Waals surface area contributed by atoms with E-state index in [9.17, 15) is 5.11 Å². The number of aliphatic hydroxyl groups excluding tert-OH is 1. The highest BCUT2D eigenvalue weighted by Crippen LogP contribution is 2.40. The van der Waals surface area contributed by atoms with Crippen LogP contribution in [0.3, 0.4) is 0 Å². The van der Waals surface area contributed by atoms with E-state index in [0.29, 0.717) is 5.41 Å². The van der Waals surface area contributed by atoms with Crippen LogP contribution in [0, 0.1) is 5.41 Å². The van der Waals surface area contributed by atoms with Gasteiger partial charge < -0.3 is 10.0 Å². The van der Waals surface area contributed by atoms with Crippen molar-refractivity contribution in [1.29, 1.82) is 0 Å². The fourth-order valence-electron chi connectivity index (χ4n) is 3.56. The van der Waals surface area contributed by atoms with E-state index in [1.807, 2.05) is 12.3 Å². The normalized spacial score (nSPS) is 17.6. The molecule has 0 atom stereocenters. The maximum atomic E-state index is 9.50. The van der Waals surface area contributed by atoms with Gasteiger partial charge in [-0.05, 0) is 30.1 Å². The van der Waals surface area contributed by atoms with E-state index in [0.717, 1.165) is 35.2 Å². The first-order chi connectivity index (χ1) is 10.2. The zero-order chi connectivity index (χ0) is 14.9. The number of nitrogens with zero attached hydrogens (tertiary/aromatic N) is 2. The number of anilines is 1. The number of hydrogen-bond donors (Lipinski definition) is 1. The lowest BCUT2D eigenvalue weighted by Gasteiger charge is -2.27. The van der Waals surface area contributed by atoms with Gasteiger partial charge in [-0.15, -0.1) is 0 Å². The lowest BCUT2D eigenvalue weighted by molar-refractivity contribution is 0.283. The second-order valence-electron chi connectivity index (χ2n) is 6.19. The number of rotatable bonds is 4. The molecule has 3 nitrogen and oxygen atoms in total. The molecular weight excluding hydrogens is 260 g/mol. The van der Waals surface area contributed by atoms with Crippen molar-refractivity contribution >= 4 is 16.6 Å². The van der Waals surface area contributed by atoms with Crippen molar-refractivity contribution < 1.29 is 5.11 Å². The van der Waals surface area contributed by atoms with E-state index in [2.05, 4.69) is 41.9 Å². The zero-order valence-electron chi connectivity index (χ0n) is 13.0.